The first-order valence-corrected chi connectivity index (χ1v) is 7.32. The van der Waals surface area contributed by atoms with E-state index in [9.17, 15) is 9.59 Å². The molecule has 5 heteroatoms. The third-order valence-electron chi connectivity index (χ3n) is 3.43. The van der Waals surface area contributed by atoms with Gasteiger partial charge in [0.1, 0.15) is 0 Å². The summed E-state index contributed by atoms with van der Waals surface area (Å²) in [6.45, 7) is 1.93. The fraction of sp³-hybridized carbons (Fsp3) is 0.125. The quantitative estimate of drug-likeness (QED) is 0.875. The van der Waals surface area contributed by atoms with Crippen molar-refractivity contribution in [1.29, 1.82) is 0 Å². The summed E-state index contributed by atoms with van der Waals surface area (Å²) < 4.78 is 0.971. The van der Waals surface area contributed by atoms with E-state index in [-0.39, 0.29) is 11.8 Å². The van der Waals surface area contributed by atoms with Gasteiger partial charge in [-0.1, -0.05) is 22.0 Å². The minimum absolute atomic E-state index is 0.0358. The van der Waals surface area contributed by atoms with Crippen molar-refractivity contribution in [1.82, 2.24) is 0 Å². The van der Waals surface area contributed by atoms with E-state index >= 15 is 0 Å². The third-order valence-corrected chi connectivity index (χ3v) is 3.93. The number of hydrogen-bond donors (Lipinski definition) is 2. The Morgan fingerprint density at radius 3 is 2.81 bits per heavy atom. The van der Waals surface area contributed by atoms with Crippen molar-refractivity contribution < 1.29 is 9.59 Å². The minimum Gasteiger partial charge on any atom is -0.326 e. The molecule has 0 aliphatic carbocycles. The molecule has 1 aliphatic rings. The lowest BCUT2D eigenvalue weighted by molar-refractivity contribution is -0.115. The summed E-state index contributed by atoms with van der Waals surface area (Å²) in [7, 11) is 0. The SMILES string of the molecule is Cc1cc(Br)ccc1NC(=O)c1ccc2c(c1)NC(=O)C2. The van der Waals surface area contributed by atoms with Gasteiger partial charge in [0.2, 0.25) is 5.91 Å². The first-order valence-electron chi connectivity index (χ1n) is 6.53. The summed E-state index contributed by atoms with van der Waals surface area (Å²) >= 11 is 3.39. The lowest BCUT2D eigenvalue weighted by Gasteiger charge is -2.09. The second-order valence-electron chi connectivity index (χ2n) is 5.01. The Balaban J connectivity index is 1.83. The lowest BCUT2D eigenvalue weighted by Crippen LogP contribution is -2.13. The van der Waals surface area contributed by atoms with Crippen LogP contribution in [0.25, 0.3) is 0 Å². The van der Waals surface area contributed by atoms with Crippen LogP contribution in [0.15, 0.2) is 40.9 Å². The fourth-order valence-corrected chi connectivity index (χ4v) is 2.79. The molecule has 3 rings (SSSR count). The van der Waals surface area contributed by atoms with Crippen molar-refractivity contribution in [3.05, 3.63) is 57.6 Å². The molecule has 0 saturated heterocycles. The number of hydrogen-bond acceptors (Lipinski definition) is 2. The van der Waals surface area contributed by atoms with Gasteiger partial charge in [-0.05, 0) is 48.4 Å². The molecule has 2 aromatic carbocycles. The van der Waals surface area contributed by atoms with Gasteiger partial charge in [-0.2, -0.15) is 0 Å². The first-order chi connectivity index (χ1) is 10.0. The van der Waals surface area contributed by atoms with E-state index in [1.807, 2.05) is 31.2 Å². The molecule has 0 aromatic heterocycles. The highest BCUT2D eigenvalue weighted by Crippen LogP contribution is 2.25. The van der Waals surface area contributed by atoms with Crippen LogP contribution >= 0.6 is 15.9 Å². The first kappa shape index (κ1) is 13.8. The van der Waals surface area contributed by atoms with E-state index in [4.69, 9.17) is 0 Å². The van der Waals surface area contributed by atoms with E-state index in [1.165, 1.54) is 0 Å². The monoisotopic (exact) mass is 344 g/mol. The Morgan fingerprint density at radius 2 is 2.05 bits per heavy atom. The molecule has 0 radical (unpaired) electrons. The zero-order chi connectivity index (χ0) is 15.0. The van der Waals surface area contributed by atoms with E-state index < -0.39 is 0 Å². The van der Waals surface area contributed by atoms with Gasteiger partial charge in [-0.25, -0.2) is 0 Å². The summed E-state index contributed by atoms with van der Waals surface area (Å²) in [5.41, 5.74) is 3.93. The van der Waals surface area contributed by atoms with Crippen LogP contribution in [0.2, 0.25) is 0 Å². The zero-order valence-electron chi connectivity index (χ0n) is 11.4. The van der Waals surface area contributed by atoms with Crippen LogP contribution in [-0.2, 0) is 11.2 Å². The van der Waals surface area contributed by atoms with Gasteiger partial charge < -0.3 is 10.6 Å². The molecule has 0 atom stereocenters. The number of nitrogens with one attached hydrogen (secondary N) is 2. The number of aryl methyl sites for hydroxylation is 1. The Kier molecular flexibility index (Phi) is 3.51. The van der Waals surface area contributed by atoms with Gasteiger partial charge in [0.25, 0.3) is 5.91 Å². The van der Waals surface area contributed by atoms with E-state index in [2.05, 4.69) is 26.6 Å². The maximum absolute atomic E-state index is 12.3. The van der Waals surface area contributed by atoms with Crippen molar-refractivity contribution >= 4 is 39.1 Å². The van der Waals surface area contributed by atoms with Gasteiger partial charge in [-0.3, -0.25) is 9.59 Å². The second-order valence-corrected chi connectivity index (χ2v) is 5.93. The van der Waals surface area contributed by atoms with Crippen LogP contribution in [0.3, 0.4) is 0 Å². The Morgan fingerprint density at radius 1 is 1.24 bits per heavy atom. The molecule has 2 aromatic rings. The highest BCUT2D eigenvalue weighted by atomic mass is 79.9. The minimum atomic E-state index is -0.190. The van der Waals surface area contributed by atoms with Gasteiger partial charge in [0.05, 0.1) is 6.42 Å². The molecule has 0 spiro atoms. The molecule has 2 amide bonds. The second kappa shape index (κ2) is 5.33. The van der Waals surface area contributed by atoms with E-state index in [0.717, 1.165) is 27.0 Å². The van der Waals surface area contributed by atoms with Gasteiger partial charge in [0.15, 0.2) is 0 Å². The van der Waals surface area contributed by atoms with Crippen LogP contribution in [0.1, 0.15) is 21.5 Å². The molecule has 1 aliphatic heterocycles. The predicted octanol–water partition coefficient (Wildman–Crippen LogP) is 3.50. The molecule has 1 heterocycles. The molecule has 0 fully saturated rings. The van der Waals surface area contributed by atoms with E-state index in [0.29, 0.717) is 12.0 Å². The average Bonchev–Trinajstić information content (AvgIpc) is 2.80. The topological polar surface area (TPSA) is 58.2 Å². The van der Waals surface area contributed by atoms with Crippen molar-refractivity contribution in [2.75, 3.05) is 10.6 Å². The van der Waals surface area contributed by atoms with Crippen LogP contribution in [0.5, 0.6) is 0 Å². The normalized spacial score (nSPS) is 12.8. The molecular formula is C16H13BrN2O2. The molecule has 4 nitrogen and oxygen atoms in total. The molecule has 0 bridgehead atoms. The lowest BCUT2D eigenvalue weighted by atomic mass is 10.1. The van der Waals surface area contributed by atoms with Crippen molar-refractivity contribution in [3.63, 3.8) is 0 Å². The van der Waals surface area contributed by atoms with Gasteiger partial charge >= 0.3 is 0 Å². The Bertz CT molecular complexity index is 756. The summed E-state index contributed by atoms with van der Waals surface area (Å²) in [5.74, 6) is -0.226. The maximum atomic E-state index is 12.3. The summed E-state index contributed by atoms with van der Waals surface area (Å²) in [4.78, 5) is 23.6. The zero-order valence-corrected chi connectivity index (χ0v) is 13.0. The highest BCUT2D eigenvalue weighted by molar-refractivity contribution is 9.10. The van der Waals surface area contributed by atoms with Crippen molar-refractivity contribution in [2.24, 2.45) is 0 Å². The van der Waals surface area contributed by atoms with Gasteiger partial charge in [0, 0.05) is 21.4 Å². The number of carbonyl (C=O) groups excluding carboxylic acids is 2. The number of anilines is 2. The van der Waals surface area contributed by atoms with Crippen LogP contribution in [0.4, 0.5) is 11.4 Å². The van der Waals surface area contributed by atoms with Gasteiger partial charge in [-0.15, -0.1) is 0 Å². The highest BCUT2D eigenvalue weighted by Gasteiger charge is 2.19. The number of amides is 2. The largest absolute Gasteiger partial charge is 0.326 e. The van der Waals surface area contributed by atoms with Crippen molar-refractivity contribution in [3.8, 4) is 0 Å². The fourth-order valence-electron chi connectivity index (χ4n) is 2.32. The Labute approximate surface area is 130 Å². The van der Waals surface area contributed by atoms with Crippen molar-refractivity contribution in [2.45, 2.75) is 13.3 Å². The number of benzene rings is 2. The summed E-state index contributed by atoms with van der Waals surface area (Å²) in [6, 6.07) is 10.9. The van der Waals surface area contributed by atoms with Crippen LogP contribution in [0, 0.1) is 6.92 Å². The molecule has 0 saturated carbocycles. The van der Waals surface area contributed by atoms with Crippen LogP contribution in [-0.4, -0.2) is 11.8 Å². The number of rotatable bonds is 2. The molecule has 21 heavy (non-hydrogen) atoms. The smallest absolute Gasteiger partial charge is 0.255 e. The number of halogens is 1. The van der Waals surface area contributed by atoms with Crippen LogP contribution < -0.4 is 10.6 Å². The third kappa shape index (κ3) is 2.83. The molecular weight excluding hydrogens is 332 g/mol. The molecule has 106 valence electrons. The average molecular weight is 345 g/mol. The van der Waals surface area contributed by atoms with E-state index in [1.54, 1.807) is 12.1 Å². The molecule has 2 N–H and O–H groups in total. The predicted molar refractivity (Wildman–Crippen MR) is 85.6 cm³/mol. The standard InChI is InChI=1S/C16H13BrN2O2/c1-9-6-12(17)4-5-13(9)19-16(21)11-3-2-10-8-15(20)18-14(10)7-11/h2-7H,8H2,1H3,(H,18,20)(H,19,21). The number of fused-ring (bicyclic) bond motifs is 1. The maximum Gasteiger partial charge on any atom is 0.255 e. The number of carbonyl (C=O) groups is 2. The summed E-state index contributed by atoms with van der Waals surface area (Å²) in [6.07, 6.45) is 0.378. The summed E-state index contributed by atoms with van der Waals surface area (Å²) in [5, 5.41) is 5.63. The molecule has 0 unspecified atom stereocenters. The Hall–Kier alpha value is -2.14.